The first-order valence-corrected chi connectivity index (χ1v) is 7.38. The van der Waals surface area contributed by atoms with Crippen LogP contribution >= 0.6 is 0 Å². The summed E-state index contributed by atoms with van der Waals surface area (Å²) in [6.07, 6.45) is 7.49. The van der Waals surface area contributed by atoms with Crippen molar-refractivity contribution in [3.05, 3.63) is 35.9 Å². The number of fused-ring (bicyclic) bond motifs is 1. The first-order valence-electron chi connectivity index (χ1n) is 7.38. The molecular formula is C16H21N3O. The van der Waals surface area contributed by atoms with E-state index in [0.29, 0.717) is 12.3 Å². The van der Waals surface area contributed by atoms with Crippen LogP contribution in [0.3, 0.4) is 0 Å². The smallest absolute Gasteiger partial charge is 0.144 e. The summed E-state index contributed by atoms with van der Waals surface area (Å²) in [5.74, 6) is 0.766. The second-order valence-corrected chi connectivity index (χ2v) is 5.25. The number of aromatic nitrogens is 2. The van der Waals surface area contributed by atoms with E-state index in [1.807, 2.05) is 24.5 Å². The van der Waals surface area contributed by atoms with Crippen molar-refractivity contribution >= 4 is 5.69 Å². The van der Waals surface area contributed by atoms with Crippen molar-refractivity contribution in [3.8, 4) is 11.4 Å². The Kier molecular flexibility index (Phi) is 3.63. The third-order valence-electron chi connectivity index (χ3n) is 3.79. The van der Waals surface area contributed by atoms with Crippen LogP contribution in [0.1, 0.15) is 37.6 Å². The second kappa shape index (κ2) is 5.57. The van der Waals surface area contributed by atoms with Gasteiger partial charge in [0, 0.05) is 5.69 Å². The number of benzene rings is 1. The van der Waals surface area contributed by atoms with E-state index >= 15 is 0 Å². The van der Waals surface area contributed by atoms with Crippen molar-refractivity contribution in [2.24, 2.45) is 0 Å². The van der Waals surface area contributed by atoms with E-state index in [1.54, 1.807) is 0 Å². The topological polar surface area (TPSA) is 53.1 Å². The van der Waals surface area contributed by atoms with Crippen LogP contribution < -0.4 is 10.5 Å². The summed E-state index contributed by atoms with van der Waals surface area (Å²) in [5, 5.41) is 0. The van der Waals surface area contributed by atoms with Crippen molar-refractivity contribution in [3.63, 3.8) is 0 Å². The Morgan fingerprint density at radius 2 is 2.15 bits per heavy atom. The third kappa shape index (κ3) is 2.26. The lowest BCUT2D eigenvalue weighted by Gasteiger charge is -2.17. The summed E-state index contributed by atoms with van der Waals surface area (Å²) in [6, 6.07) is 5.95. The molecule has 0 unspecified atom stereocenters. The molecular weight excluding hydrogens is 250 g/mol. The number of nitrogens with two attached hydrogens (primary N) is 1. The van der Waals surface area contributed by atoms with Gasteiger partial charge in [0.1, 0.15) is 5.75 Å². The maximum Gasteiger partial charge on any atom is 0.144 e. The van der Waals surface area contributed by atoms with Crippen LogP contribution in [0.2, 0.25) is 0 Å². The molecule has 0 bridgehead atoms. The maximum atomic E-state index is 6.27. The Balaban J connectivity index is 2.00. The molecule has 0 atom stereocenters. The molecule has 0 saturated heterocycles. The molecule has 4 heteroatoms. The second-order valence-electron chi connectivity index (χ2n) is 5.25. The molecule has 3 rings (SSSR count). The highest BCUT2D eigenvalue weighted by Crippen LogP contribution is 2.31. The van der Waals surface area contributed by atoms with Crippen LogP contribution in [0.25, 0.3) is 5.69 Å². The minimum absolute atomic E-state index is 0.690. The number of rotatable bonds is 4. The number of hydrogen-bond donors (Lipinski definition) is 1. The largest absolute Gasteiger partial charge is 0.491 e. The Hall–Kier alpha value is -1.97. The van der Waals surface area contributed by atoms with Crippen LogP contribution in [0.5, 0.6) is 5.75 Å². The molecule has 0 radical (unpaired) electrons. The molecule has 106 valence electrons. The van der Waals surface area contributed by atoms with Gasteiger partial charge in [0.05, 0.1) is 30.0 Å². The lowest BCUT2D eigenvalue weighted by atomic mass is 10.0. The number of nitrogen functional groups attached to an aromatic ring is 1. The number of imidazole rings is 1. The van der Waals surface area contributed by atoms with Crippen LogP contribution in [0, 0.1) is 0 Å². The summed E-state index contributed by atoms with van der Waals surface area (Å²) >= 11 is 0. The number of nitrogens with zero attached hydrogens (tertiary/aromatic N) is 2. The van der Waals surface area contributed by atoms with Gasteiger partial charge in [-0.05, 0) is 44.2 Å². The highest BCUT2D eigenvalue weighted by Gasteiger charge is 2.18. The summed E-state index contributed by atoms with van der Waals surface area (Å²) in [7, 11) is 0. The number of hydrogen-bond acceptors (Lipinski definition) is 3. The van der Waals surface area contributed by atoms with Gasteiger partial charge in [0.25, 0.3) is 0 Å². The summed E-state index contributed by atoms with van der Waals surface area (Å²) in [6.45, 7) is 2.78. The predicted octanol–water partition coefficient (Wildman–Crippen LogP) is 3.12. The van der Waals surface area contributed by atoms with Gasteiger partial charge in [-0.2, -0.15) is 0 Å². The number of para-hydroxylation sites is 1. The SMILES string of the molecule is CCCOc1cccc(-n2cnc3c2CCCC3)c1N. The zero-order chi connectivity index (χ0) is 13.9. The average Bonchev–Trinajstić information content (AvgIpc) is 2.90. The van der Waals surface area contributed by atoms with Gasteiger partial charge in [-0.1, -0.05) is 13.0 Å². The first-order chi connectivity index (χ1) is 9.81. The van der Waals surface area contributed by atoms with Gasteiger partial charge >= 0.3 is 0 Å². The van der Waals surface area contributed by atoms with Crippen LogP contribution in [0.15, 0.2) is 24.5 Å². The van der Waals surface area contributed by atoms with E-state index in [4.69, 9.17) is 10.5 Å². The average molecular weight is 271 g/mol. The molecule has 4 nitrogen and oxygen atoms in total. The molecule has 2 aromatic rings. The van der Waals surface area contributed by atoms with Crippen molar-refractivity contribution < 1.29 is 4.74 Å². The van der Waals surface area contributed by atoms with Gasteiger partial charge in [0.15, 0.2) is 0 Å². The normalized spacial score (nSPS) is 14.1. The Bertz CT molecular complexity index is 604. The molecule has 1 aliphatic carbocycles. The monoisotopic (exact) mass is 271 g/mol. The fraction of sp³-hybridized carbons (Fsp3) is 0.438. The molecule has 0 spiro atoms. The van der Waals surface area contributed by atoms with Crippen LogP contribution in [0.4, 0.5) is 5.69 Å². The van der Waals surface area contributed by atoms with Gasteiger partial charge in [-0.3, -0.25) is 0 Å². The highest BCUT2D eigenvalue weighted by atomic mass is 16.5. The Morgan fingerprint density at radius 3 is 3.00 bits per heavy atom. The number of anilines is 1. The van der Waals surface area contributed by atoms with Gasteiger partial charge in [0.2, 0.25) is 0 Å². The van der Waals surface area contributed by atoms with E-state index in [-0.39, 0.29) is 0 Å². The van der Waals surface area contributed by atoms with E-state index in [9.17, 15) is 0 Å². The summed E-state index contributed by atoms with van der Waals surface area (Å²) in [5.41, 5.74) is 10.5. The Morgan fingerprint density at radius 1 is 1.30 bits per heavy atom. The zero-order valence-electron chi connectivity index (χ0n) is 11.9. The fourth-order valence-electron chi connectivity index (χ4n) is 2.76. The lowest BCUT2D eigenvalue weighted by molar-refractivity contribution is 0.319. The van der Waals surface area contributed by atoms with E-state index in [0.717, 1.165) is 30.7 Å². The van der Waals surface area contributed by atoms with Gasteiger partial charge < -0.3 is 15.0 Å². The minimum Gasteiger partial charge on any atom is -0.491 e. The van der Waals surface area contributed by atoms with Crippen molar-refractivity contribution in [1.82, 2.24) is 9.55 Å². The summed E-state index contributed by atoms with van der Waals surface area (Å²) in [4.78, 5) is 4.53. The van der Waals surface area contributed by atoms with E-state index < -0.39 is 0 Å². The van der Waals surface area contributed by atoms with Crippen LogP contribution in [-0.2, 0) is 12.8 Å². The van der Waals surface area contributed by atoms with E-state index in [1.165, 1.54) is 24.2 Å². The number of aryl methyl sites for hydroxylation is 1. The van der Waals surface area contributed by atoms with Crippen LogP contribution in [-0.4, -0.2) is 16.2 Å². The minimum atomic E-state index is 0.690. The molecule has 0 aliphatic heterocycles. The third-order valence-corrected chi connectivity index (χ3v) is 3.79. The molecule has 1 heterocycles. The summed E-state index contributed by atoms with van der Waals surface area (Å²) < 4.78 is 7.84. The maximum absolute atomic E-state index is 6.27. The number of ether oxygens (including phenoxy) is 1. The Labute approximate surface area is 119 Å². The van der Waals surface area contributed by atoms with E-state index in [2.05, 4.69) is 16.5 Å². The quantitative estimate of drug-likeness (QED) is 0.869. The standard InChI is InChI=1S/C16H21N3O/c1-2-10-20-15-9-5-8-14(16(15)17)19-11-18-12-6-3-4-7-13(12)19/h5,8-9,11H,2-4,6-7,10,17H2,1H3. The van der Waals surface area contributed by atoms with Crippen molar-refractivity contribution in [2.45, 2.75) is 39.0 Å². The molecule has 0 amide bonds. The fourth-order valence-corrected chi connectivity index (χ4v) is 2.76. The molecule has 0 fully saturated rings. The molecule has 1 aromatic carbocycles. The van der Waals surface area contributed by atoms with Crippen molar-refractivity contribution in [1.29, 1.82) is 0 Å². The van der Waals surface area contributed by atoms with Gasteiger partial charge in [-0.25, -0.2) is 4.98 Å². The predicted molar refractivity (Wildman–Crippen MR) is 80.4 cm³/mol. The molecule has 1 aliphatic rings. The lowest BCUT2D eigenvalue weighted by Crippen LogP contribution is -2.09. The van der Waals surface area contributed by atoms with Crippen molar-refractivity contribution in [2.75, 3.05) is 12.3 Å². The molecule has 20 heavy (non-hydrogen) atoms. The molecule has 1 aromatic heterocycles. The zero-order valence-corrected chi connectivity index (χ0v) is 11.9. The highest BCUT2D eigenvalue weighted by molar-refractivity contribution is 5.67. The first kappa shape index (κ1) is 13.0. The molecule has 2 N–H and O–H groups in total. The van der Waals surface area contributed by atoms with Gasteiger partial charge in [-0.15, -0.1) is 0 Å². The molecule has 0 saturated carbocycles.